The molecule has 3 aliphatic rings. The summed E-state index contributed by atoms with van der Waals surface area (Å²) in [5.41, 5.74) is 3.68. The van der Waals surface area contributed by atoms with Crippen LogP contribution >= 0.6 is 0 Å². The Bertz CT molecular complexity index is 681. The van der Waals surface area contributed by atoms with Gasteiger partial charge in [0, 0.05) is 5.92 Å². The Balaban J connectivity index is 1.77. The van der Waals surface area contributed by atoms with Crippen LogP contribution in [0, 0.1) is 11.8 Å². The van der Waals surface area contributed by atoms with Gasteiger partial charge in [-0.2, -0.15) is 0 Å². The van der Waals surface area contributed by atoms with Gasteiger partial charge in [0.2, 0.25) is 0 Å². The number of fused-ring (bicyclic) bond motifs is 2. The van der Waals surface area contributed by atoms with Gasteiger partial charge in [-0.25, -0.2) is 0 Å². The minimum absolute atomic E-state index is 0.0209. The highest BCUT2D eigenvalue weighted by molar-refractivity contribution is 5.45. The minimum Gasteiger partial charge on any atom is -0.508 e. The van der Waals surface area contributed by atoms with Gasteiger partial charge in [-0.1, -0.05) is 24.6 Å². The third-order valence-electron chi connectivity index (χ3n) is 4.98. The average molecular weight is 296 g/mol. The molecule has 4 rings (SSSR count). The normalized spacial score (nSPS) is 33.4. The van der Waals surface area contributed by atoms with E-state index in [2.05, 4.69) is 6.92 Å². The summed E-state index contributed by atoms with van der Waals surface area (Å²) in [6.07, 6.45) is 7.63. The molecule has 0 amide bonds. The van der Waals surface area contributed by atoms with E-state index in [9.17, 15) is 10.2 Å². The van der Waals surface area contributed by atoms with Crippen molar-refractivity contribution in [2.75, 3.05) is 0 Å². The quantitative estimate of drug-likeness (QED) is 0.817. The number of benzene rings is 1. The molecule has 0 spiro atoms. The standard InChI is InChI=1S/C19H20O3/c1-11-8-15-16-10-14(21)6-7-18(16)22-19(17(15)9-11)12-2-4-13(20)5-3-12/h2-7,10-11,17-21H,8-9H2,1H3/t11-,17+,18?,19+/m0/s1. The lowest BCUT2D eigenvalue weighted by Crippen LogP contribution is -2.30. The molecule has 0 bridgehead atoms. The first-order chi connectivity index (χ1) is 10.6. The van der Waals surface area contributed by atoms with Crippen molar-refractivity contribution in [2.24, 2.45) is 11.8 Å². The summed E-state index contributed by atoms with van der Waals surface area (Å²) in [4.78, 5) is 0. The molecule has 4 atom stereocenters. The predicted molar refractivity (Wildman–Crippen MR) is 84.5 cm³/mol. The van der Waals surface area contributed by atoms with Gasteiger partial charge in [0.05, 0.1) is 6.10 Å². The lowest BCUT2D eigenvalue weighted by atomic mass is 9.82. The van der Waals surface area contributed by atoms with E-state index in [0.717, 1.165) is 24.0 Å². The van der Waals surface area contributed by atoms with Gasteiger partial charge in [0.1, 0.15) is 17.6 Å². The number of phenolic OH excluding ortho intramolecular Hbond substituents is 1. The highest BCUT2D eigenvalue weighted by Crippen LogP contribution is 2.51. The molecule has 2 N–H and O–H groups in total. The number of rotatable bonds is 1. The summed E-state index contributed by atoms with van der Waals surface area (Å²) >= 11 is 0. The second-order valence-corrected chi connectivity index (χ2v) is 6.63. The van der Waals surface area contributed by atoms with Crippen molar-refractivity contribution < 1.29 is 14.9 Å². The molecule has 1 unspecified atom stereocenters. The van der Waals surface area contributed by atoms with Crippen molar-refractivity contribution in [2.45, 2.75) is 32.0 Å². The lowest BCUT2D eigenvalue weighted by Gasteiger charge is -2.37. The van der Waals surface area contributed by atoms with E-state index in [0.29, 0.717) is 17.6 Å². The van der Waals surface area contributed by atoms with Crippen LogP contribution in [0.15, 0.2) is 59.4 Å². The fraction of sp³-hybridized carbons (Fsp3) is 0.368. The van der Waals surface area contributed by atoms with E-state index in [1.165, 1.54) is 5.57 Å². The third-order valence-corrected chi connectivity index (χ3v) is 4.98. The van der Waals surface area contributed by atoms with Crippen LogP contribution in [0.2, 0.25) is 0 Å². The van der Waals surface area contributed by atoms with Gasteiger partial charge in [0.15, 0.2) is 0 Å². The monoisotopic (exact) mass is 296 g/mol. The fourth-order valence-electron chi connectivity index (χ4n) is 4.03. The van der Waals surface area contributed by atoms with Crippen LogP contribution in [0.25, 0.3) is 0 Å². The summed E-state index contributed by atoms with van der Waals surface area (Å²) < 4.78 is 6.34. The molecule has 1 saturated carbocycles. The number of hydrogen-bond acceptors (Lipinski definition) is 3. The van der Waals surface area contributed by atoms with Crippen molar-refractivity contribution >= 4 is 0 Å². The van der Waals surface area contributed by atoms with E-state index in [4.69, 9.17) is 4.74 Å². The summed E-state index contributed by atoms with van der Waals surface area (Å²) in [6.45, 7) is 2.27. The Morgan fingerprint density at radius 1 is 1.14 bits per heavy atom. The molecule has 114 valence electrons. The molecule has 0 aromatic heterocycles. The predicted octanol–water partition coefficient (Wildman–Crippen LogP) is 4.19. The zero-order valence-electron chi connectivity index (χ0n) is 12.6. The fourth-order valence-corrected chi connectivity index (χ4v) is 4.03. The maximum absolute atomic E-state index is 9.80. The van der Waals surface area contributed by atoms with Crippen LogP contribution in [-0.2, 0) is 4.74 Å². The molecule has 22 heavy (non-hydrogen) atoms. The third kappa shape index (κ3) is 2.17. The van der Waals surface area contributed by atoms with Gasteiger partial charge >= 0.3 is 0 Å². The number of ether oxygens (including phenoxy) is 1. The van der Waals surface area contributed by atoms with Crippen LogP contribution < -0.4 is 0 Å². The molecule has 1 heterocycles. The van der Waals surface area contributed by atoms with Gasteiger partial charge in [-0.3, -0.25) is 0 Å². The Morgan fingerprint density at radius 2 is 1.91 bits per heavy atom. The molecule has 1 aromatic rings. The maximum Gasteiger partial charge on any atom is 0.115 e. The van der Waals surface area contributed by atoms with E-state index < -0.39 is 0 Å². The molecular formula is C19H20O3. The molecular weight excluding hydrogens is 276 g/mol. The molecule has 0 radical (unpaired) electrons. The van der Waals surface area contributed by atoms with E-state index in [1.807, 2.05) is 24.3 Å². The minimum atomic E-state index is -0.0775. The largest absolute Gasteiger partial charge is 0.508 e. The molecule has 3 nitrogen and oxygen atoms in total. The second-order valence-electron chi connectivity index (χ2n) is 6.63. The van der Waals surface area contributed by atoms with Crippen LogP contribution in [0.4, 0.5) is 0 Å². The van der Waals surface area contributed by atoms with E-state index in [-0.39, 0.29) is 18.0 Å². The highest BCUT2D eigenvalue weighted by atomic mass is 16.5. The Labute approximate surface area is 130 Å². The first-order valence-corrected chi connectivity index (χ1v) is 7.88. The van der Waals surface area contributed by atoms with Gasteiger partial charge in [0.25, 0.3) is 0 Å². The van der Waals surface area contributed by atoms with Gasteiger partial charge < -0.3 is 14.9 Å². The van der Waals surface area contributed by atoms with Crippen molar-refractivity contribution in [3.05, 3.63) is 65.0 Å². The van der Waals surface area contributed by atoms with Gasteiger partial charge in [-0.05, 0) is 60.3 Å². The first kappa shape index (κ1) is 13.6. The summed E-state index contributed by atoms with van der Waals surface area (Å²) in [5.74, 6) is 1.59. The van der Waals surface area contributed by atoms with Crippen LogP contribution in [0.3, 0.4) is 0 Å². The van der Waals surface area contributed by atoms with Crippen LogP contribution in [-0.4, -0.2) is 16.3 Å². The van der Waals surface area contributed by atoms with Crippen molar-refractivity contribution in [1.29, 1.82) is 0 Å². The smallest absolute Gasteiger partial charge is 0.115 e. The summed E-state index contributed by atoms with van der Waals surface area (Å²) in [5, 5.41) is 19.3. The molecule has 1 fully saturated rings. The molecule has 1 aliphatic heterocycles. The zero-order chi connectivity index (χ0) is 15.3. The SMILES string of the molecule is C[C@H]1CC2=C3C=C(O)C=CC3O[C@H](c3ccc(O)cc3)[C@@H]2C1. The van der Waals surface area contributed by atoms with Crippen molar-refractivity contribution in [1.82, 2.24) is 0 Å². The lowest BCUT2D eigenvalue weighted by molar-refractivity contribution is -0.0115. The number of phenols is 1. The van der Waals surface area contributed by atoms with E-state index >= 15 is 0 Å². The van der Waals surface area contributed by atoms with Crippen LogP contribution in [0.1, 0.15) is 31.4 Å². The average Bonchev–Trinajstić information content (AvgIpc) is 2.89. The molecule has 3 heteroatoms. The highest BCUT2D eigenvalue weighted by Gasteiger charge is 2.42. The number of aliphatic hydroxyl groups excluding tert-OH is 1. The van der Waals surface area contributed by atoms with Crippen molar-refractivity contribution in [3.8, 4) is 5.75 Å². The molecule has 0 saturated heterocycles. The summed E-state index contributed by atoms with van der Waals surface area (Å²) in [6, 6.07) is 7.34. The number of hydrogen-bond donors (Lipinski definition) is 2. The molecule has 1 aromatic carbocycles. The van der Waals surface area contributed by atoms with E-state index in [1.54, 1.807) is 18.2 Å². The Kier molecular flexibility index (Phi) is 3.12. The summed E-state index contributed by atoms with van der Waals surface area (Å²) in [7, 11) is 0. The Morgan fingerprint density at radius 3 is 2.68 bits per heavy atom. The number of aromatic hydroxyl groups is 1. The maximum atomic E-state index is 9.80. The topological polar surface area (TPSA) is 49.7 Å². The Hall–Kier alpha value is -2.00. The van der Waals surface area contributed by atoms with Crippen LogP contribution in [0.5, 0.6) is 5.75 Å². The number of aliphatic hydroxyl groups is 1. The zero-order valence-corrected chi connectivity index (χ0v) is 12.6. The first-order valence-electron chi connectivity index (χ1n) is 7.88. The van der Waals surface area contributed by atoms with Gasteiger partial charge in [-0.15, -0.1) is 0 Å². The second kappa shape index (κ2) is 5.03. The van der Waals surface area contributed by atoms with Crippen molar-refractivity contribution in [3.63, 3.8) is 0 Å². The molecule has 2 aliphatic carbocycles. The number of allylic oxidation sites excluding steroid dienone is 1.